The molecule has 0 aliphatic rings. The number of carboxylic acid groups (broad SMARTS) is 2. The van der Waals surface area contributed by atoms with Gasteiger partial charge < -0.3 is 30.8 Å². The molecule has 146 valence electrons. The summed E-state index contributed by atoms with van der Waals surface area (Å²) in [7, 11) is -4.61. The number of aromatic nitrogens is 1. The first-order chi connectivity index (χ1) is 11.9. The van der Waals surface area contributed by atoms with E-state index in [0.29, 0.717) is 6.29 Å². The number of carbonyl (C=O) groups is 3. The minimum absolute atomic E-state index is 0. The molecule has 0 unspecified atom stereocenters. The van der Waals surface area contributed by atoms with Crippen LogP contribution in [0.2, 0.25) is 0 Å². The smallest absolute Gasteiger partial charge is 0.505 e. The number of aldehydes is 1. The molecule has 0 fully saturated rings. The van der Waals surface area contributed by atoms with Crippen LogP contribution in [0.25, 0.3) is 0 Å². The van der Waals surface area contributed by atoms with E-state index in [1.165, 1.54) is 13.1 Å². The average molecular weight is 419 g/mol. The largest absolute Gasteiger partial charge is 2.00 e. The third-order valence-corrected chi connectivity index (χ3v) is 3.32. The molecule has 0 saturated carbocycles. The first kappa shape index (κ1) is 27.6. The standard InChI is InChI=1S/C8H10NO6P.C5H9NO4.Mg/c1-5-8(11)7(3-10)6(2-9-5)4-15-16(12,13)14;6-3(5(9)10)1-2-4(7)8;/h2-3,11H,4H2,1H3,(H2,12,13,14);3H,1-2,6H2,(H,7,8)(H,9,10);/q;;+2/t;3-;/m.0./s1. The van der Waals surface area contributed by atoms with Crippen LogP contribution in [0.15, 0.2) is 6.20 Å². The van der Waals surface area contributed by atoms with E-state index in [1.807, 2.05) is 0 Å². The Labute approximate surface area is 169 Å². The Morgan fingerprint density at radius 3 is 2.33 bits per heavy atom. The third kappa shape index (κ3) is 11.7. The average Bonchev–Trinajstić information content (AvgIpc) is 2.53. The summed E-state index contributed by atoms with van der Waals surface area (Å²) in [5.74, 6) is -2.51. The second kappa shape index (κ2) is 12.7. The predicted octanol–water partition coefficient (Wildman–Crippen LogP) is -0.600. The molecular formula is C13H19MgN2O10P+2. The van der Waals surface area contributed by atoms with Crippen molar-refractivity contribution in [3.05, 3.63) is 23.0 Å². The fourth-order valence-electron chi connectivity index (χ4n) is 1.46. The van der Waals surface area contributed by atoms with E-state index >= 15 is 0 Å². The van der Waals surface area contributed by atoms with Crippen molar-refractivity contribution >= 4 is 49.1 Å². The summed E-state index contributed by atoms with van der Waals surface area (Å²) in [6.07, 6.45) is 1.37. The van der Waals surface area contributed by atoms with E-state index in [2.05, 4.69) is 9.51 Å². The molecule has 0 bridgehead atoms. The number of nitrogens with zero attached hydrogens (tertiary/aromatic N) is 1. The van der Waals surface area contributed by atoms with Crippen molar-refractivity contribution in [2.75, 3.05) is 0 Å². The maximum Gasteiger partial charge on any atom is 2.00 e. The minimum Gasteiger partial charge on any atom is -0.505 e. The van der Waals surface area contributed by atoms with Crippen LogP contribution >= 0.6 is 7.82 Å². The van der Waals surface area contributed by atoms with Crippen molar-refractivity contribution in [1.29, 1.82) is 0 Å². The van der Waals surface area contributed by atoms with Crippen LogP contribution in [0.1, 0.15) is 34.5 Å². The maximum atomic E-state index is 10.7. The van der Waals surface area contributed by atoms with Gasteiger partial charge in [0.25, 0.3) is 0 Å². The number of hydrogen-bond acceptors (Lipinski definition) is 8. The quantitative estimate of drug-likeness (QED) is 0.177. The zero-order valence-corrected chi connectivity index (χ0v) is 16.6. The number of carboxylic acids is 2. The van der Waals surface area contributed by atoms with E-state index in [1.54, 1.807) is 0 Å². The zero-order chi connectivity index (χ0) is 20.5. The van der Waals surface area contributed by atoms with Crippen molar-refractivity contribution < 1.29 is 48.6 Å². The molecule has 1 atom stereocenters. The Morgan fingerprint density at radius 2 is 1.93 bits per heavy atom. The number of nitrogens with two attached hydrogens (primary N) is 1. The molecule has 0 radical (unpaired) electrons. The number of carbonyl (C=O) groups excluding carboxylic acids is 1. The molecule has 0 spiro atoms. The van der Waals surface area contributed by atoms with Gasteiger partial charge in [-0.15, -0.1) is 0 Å². The number of aliphatic carboxylic acids is 2. The molecule has 27 heavy (non-hydrogen) atoms. The van der Waals surface area contributed by atoms with Gasteiger partial charge in [0.1, 0.15) is 11.8 Å². The zero-order valence-electron chi connectivity index (χ0n) is 14.3. The van der Waals surface area contributed by atoms with Gasteiger partial charge in [-0.2, -0.15) is 0 Å². The monoisotopic (exact) mass is 418 g/mol. The number of phosphoric acid groups is 1. The second-order valence-electron chi connectivity index (χ2n) is 4.89. The van der Waals surface area contributed by atoms with Crippen LogP contribution in [0, 0.1) is 6.92 Å². The molecule has 12 nitrogen and oxygen atoms in total. The Kier molecular flexibility index (Phi) is 13.0. The van der Waals surface area contributed by atoms with Crippen LogP contribution in [0.4, 0.5) is 0 Å². The first-order valence-electron chi connectivity index (χ1n) is 6.92. The SMILES string of the molecule is Cc1ncc(COP(=O)(O)O)c(C=O)c1O.N[C@@H](CCC(=O)O)C(=O)O.[Mg+2]. The van der Waals surface area contributed by atoms with Crippen LogP contribution in [0.3, 0.4) is 0 Å². The topological polar surface area (TPSA) is 218 Å². The third-order valence-electron chi connectivity index (χ3n) is 2.85. The summed E-state index contributed by atoms with van der Waals surface area (Å²) < 4.78 is 14.7. The second-order valence-corrected chi connectivity index (χ2v) is 6.13. The molecule has 0 aliphatic heterocycles. The van der Waals surface area contributed by atoms with Gasteiger partial charge in [0.05, 0.1) is 17.9 Å². The van der Waals surface area contributed by atoms with Gasteiger partial charge in [0.2, 0.25) is 0 Å². The van der Waals surface area contributed by atoms with Crippen molar-refractivity contribution in [2.45, 2.75) is 32.4 Å². The van der Waals surface area contributed by atoms with Crippen LogP contribution in [-0.4, -0.2) is 77.4 Å². The summed E-state index contributed by atoms with van der Waals surface area (Å²) >= 11 is 0. The van der Waals surface area contributed by atoms with E-state index in [4.69, 9.17) is 25.7 Å². The summed E-state index contributed by atoms with van der Waals surface area (Å²) in [4.78, 5) is 51.3. The molecule has 0 aromatic carbocycles. The van der Waals surface area contributed by atoms with E-state index in [0.717, 1.165) is 0 Å². The number of hydrogen-bond donors (Lipinski definition) is 6. The molecule has 0 amide bonds. The predicted molar refractivity (Wildman–Crippen MR) is 91.1 cm³/mol. The van der Waals surface area contributed by atoms with Gasteiger partial charge in [-0.25, -0.2) is 4.57 Å². The Balaban J connectivity index is 0. The maximum absolute atomic E-state index is 10.7. The van der Waals surface area contributed by atoms with Gasteiger partial charge in [-0.1, -0.05) is 0 Å². The van der Waals surface area contributed by atoms with Crippen molar-refractivity contribution in [2.24, 2.45) is 5.73 Å². The Bertz CT molecular complexity index is 709. The van der Waals surface area contributed by atoms with Crippen LogP contribution < -0.4 is 5.73 Å². The number of aromatic hydroxyl groups is 1. The molecule has 7 N–H and O–H groups in total. The summed E-state index contributed by atoms with van der Waals surface area (Å²) in [5, 5.41) is 25.7. The molecule has 1 aromatic rings. The Hall–Kier alpha value is -1.60. The molecule has 0 saturated heterocycles. The fourth-order valence-corrected chi connectivity index (χ4v) is 1.76. The molecule has 1 rings (SSSR count). The molecule has 14 heteroatoms. The van der Waals surface area contributed by atoms with Crippen LogP contribution in [-0.2, 0) is 25.3 Å². The van der Waals surface area contributed by atoms with E-state index in [9.17, 15) is 24.1 Å². The molecule has 1 heterocycles. The Morgan fingerprint density at radius 1 is 1.37 bits per heavy atom. The number of phosphoric ester groups is 1. The molecular weight excluding hydrogens is 399 g/mol. The van der Waals surface area contributed by atoms with Crippen molar-refractivity contribution in [3.63, 3.8) is 0 Å². The number of pyridine rings is 1. The molecule has 1 aromatic heterocycles. The normalized spacial score (nSPS) is 11.4. The van der Waals surface area contributed by atoms with Crippen molar-refractivity contribution in [3.8, 4) is 5.75 Å². The van der Waals surface area contributed by atoms with Gasteiger partial charge >= 0.3 is 42.8 Å². The molecule has 0 aliphatic carbocycles. The summed E-state index contributed by atoms with van der Waals surface area (Å²) in [5.41, 5.74) is 5.28. The number of aryl methyl sites for hydroxylation is 1. The summed E-state index contributed by atoms with van der Waals surface area (Å²) in [6, 6.07) is -1.06. The van der Waals surface area contributed by atoms with Crippen molar-refractivity contribution in [1.82, 2.24) is 4.98 Å². The van der Waals surface area contributed by atoms with Gasteiger partial charge in [-0.3, -0.25) is 23.9 Å². The van der Waals surface area contributed by atoms with Gasteiger partial charge in [0, 0.05) is 18.2 Å². The van der Waals surface area contributed by atoms with Crippen LogP contribution in [0.5, 0.6) is 5.75 Å². The fraction of sp³-hybridized carbons (Fsp3) is 0.385. The van der Waals surface area contributed by atoms with E-state index < -0.39 is 32.4 Å². The minimum atomic E-state index is -4.61. The van der Waals surface area contributed by atoms with Gasteiger partial charge in [0.15, 0.2) is 6.29 Å². The first-order valence-corrected chi connectivity index (χ1v) is 8.45. The number of rotatable bonds is 8. The van der Waals surface area contributed by atoms with E-state index in [-0.39, 0.29) is 58.5 Å². The summed E-state index contributed by atoms with van der Waals surface area (Å²) in [6.45, 7) is 0.995. The van der Waals surface area contributed by atoms with Gasteiger partial charge in [-0.05, 0) is 13.3 Å².